The van der Waals surface area contributed by atoms with E-state index < -0.39 is 0 Å². The maximum Gasteiger partial charge on any atom is 0.340 e. The van der Waals surface area contributed by atoms with Crippen molar-refractivity contribution in [3.8, 4) is 11.3 Å². The molecule has 0 saturated carbocycles. The van der Waals surface area contributed by atoms with Crippen molar-refractivity contribution in [2.75, 3.05) is 7.11 Å². The first-order chi connectivity index (χ1) is 7.72. The van der Waals surface area contributed by atoms with E-state index in [1.807, 2.05) is 37.3 Å². The molecule has 16 heavy (non-hydrogen) atoms. The zero-order valence-corrected chi connectivity index (χ0v) is 9.28. The molecule has 0 amide bonds. The fourth-order valence-electron chi connectivity index (χ4n) is 1.69. The number of ether oxygens (including phenoxy) is 1. The van der Waals surface area contributed by atoms with Crippen molar-refractivity contribution in [2.45, 2.75) is 6.92 Å². The standard InChI is InChI=1S/C13H13NO2/c1-9-8-11(13(15)16-2)12(14-9)10-6-4-3-5-7-10/h3-8,14H,1-2H3. The van der Waals surface area contributed by atoms with Crippen LogP contribution < -0.4 is 0 Å². The van der Waals surface area contributed by atoms with Gasteiger partial charge >= 0.3 is 5.97 Å². The highest BCUT2D eigenvalue weighted by atomic mass is 16.5. The Balaban J connectivity index is 2.53. The second kappa shape index (κ2) is 4.23. The average Bonchev–Trinajstić information content (AvgIpc) is 2.71. The lowest BCUT2D eigenvalue weighted by atomic mass is 10.1. The molecule has 0 bridgehead atoms. The van der Waals surface area contributed by atoms with Crippen LogP contribution in [-0.2, 0) is 4.74 Å². The van der Waals surface area contributed by atoms with Crippen LogP contribution in [0, 0.1) is 6.92 Å². The Morgan fingerprint density at radius 2 is 1.94 bits per heavy atom. The molecule has 1 N–H and O–H groups in total. The van der Waals surface area contributed by atoms with E-state index in [-0.39, 0.29) is 5.97 Å². The molecule has 2 aromatic rings. The Hall–Kier alpha value is -2.03. The average molecular weight is 215 g/mol. The highest BCUT2D eigenvalue weighted by molar-refractivity contribution is 5.96. The summed E-state index contributed by atoms with van der Waals surface area (Å²) in [5.74, 6) is -0.316. The van der Waals surface area contributed by atoms with Gasteiger partial charge in [0.15, 0.2) is 0 Å². The smallest absolute Gasteiger partial charge is 0.340 e. The molecule has 1 aromatic carbocycles. The fourth-order valence-corrected chi connectivity index (χ4v) is 1.69. The summed E-state index contributed by atoms with van der Waals surface area (Å²) >= 11 is 0. The summed E-state index contributed by atoms with van der Waals surface area (Å²) in [6.45, 7) is 1.92. The van der Waals surface area contributed by atoms with Crippen molar-refractivity contribution in [3.05, 3.63) is 47.7 Å². The molecule has 0 aliphatic rings. The maximum atomic E-state index is 11.6. The normalized spacial score (nSPS) is 10.1. The second-order valence-electron chi connectivity index (χ2n) is 3.60. The van der Waals surface area contributed by atoms with Gasteiger partial charge in [-0.25, -0.2) is 4.79 Å². The maximum absolute atomic E-state index is 11.6. The number of aromatic nitrogens is 1. The molecule has 0 saturated heterocycles. The molecule has 3 heteroatoms. The van der Waals surface area contributed by atoms with Crippen molar-refractivity contribution in [1.29, 1.82) is 0 Å². The minimum absolute atomic E-state index is 0.316. The van der Waals surface area contributed by atoms with Gasteiger partial charge in [-0.2, -0.15) is 0 Å². The number of carbonyl (C=O) groups excluding carboxylic acids is 1. The van der Waals surface area contributed by atoms with E-state index in [0.717, 1.165) is 17.0 Å². The first-order valence-corrected chi connectivity index (χ1v) is 5.05. The van der Waals surface area contributed by atoms with Gasteiger partial charge in [0.25, 0.3) is 0 Å². The number of methoxy groups -OCH3 is 1. The van der Waals surface area contributed by atoms with Crippen LogP contribution in [0.2, 0.25) is 0 Å². The predicted molar refractivity (Wildman–Crippen MR) is 62.3 cm³/mol. The van der Waals surface area contributed by atoms with Crippen LogP contribution in [0.25, 0.3) is 11.3 Å². The molecule has 0 spiro atoms. The lowest BCUT2D eigenvalue weighted by Crippen LogP contribution is -2.01. The monoisotopic (exact) mass is 215 g/mol. The minimum Gasteiger partial charge on any atom is -0.465 e. The lowest BCUT2D eigenvalue weighted by Gasteiger charge is -2.02. The summed E-state index contributed by atoms with van der Waals surface area (Å²) < 4.78 is 4.75. The minimum atomic E-state index is -0.316. The van der Waals surface area contributed by atoms with Gasteiger partial charge < -0.3 is 9.72 Å². The summed E-state index contributed by atoms with van der Waals surface area (Å²) in [7, 11) is 1.39. The molecule has 3 nitrogen and oxygen atoms in total. The van der Waals surface area contributed by atoms with Crippen LogP contribution in [0.3, 0.4) is 0 Å². The number of hydrogen-bond donors (Lipinski definition) is 1. The fraction of sp³-hybridized carbons (Fsp3) is 0.154. The first-order valence-electron chi connectivity index (χ1n) is 5.05. The number of carbonyl (C=O) groups is 1. The summed E-state index contributed by atoms with van der Waals surface area (Å²) in [6, 6.07) is 11.5. The summed E-state index contributed by atoms with van der Waals surface area (Å²) in [6.07, 6.45) is 0. The van der Waals surface area contributed by atoms with Crippen LogP contribution in [0.5, 0.6) is 0 Å². The van der Waals surface area contributed by atoms with E-state index in [4.69, 9.17) is 4.74 Å². The third-order valence-corrected chi connectivity index (χ3v) is 2.42. The molecular weight excluding hydrogens is 202 g/mol. The summed E-state index contributed by atoms with van der Waals surface area (Å²) in [5, 5.41) is 0. The highest BCUT2D eigenvalue weighted by Gasteiger charge is 2.15. The molecular formula is C13H13NO2. The van der Waals surface area contributed by atoms with E-state index in [0.29, 0.717) is 5.56 Å². The van der Waals surface area contributed by atoms with E-state index >= 15 is 0 Å². The van der Waals surface area contributed by atoms with Crippen LogP contribution in [0.15, 0.2) is 36.4 Å². The quantitative estimate of drug-likeness (QED) is 0.783. The van der Waals surface area contributed by atoms with Gasteiger partial charge in [-0.05, 0) is 18.6 Å². The Morgan fingerprint density at radius 3 is 2.56 bits per heavy atom. The van der Waals surface area contributed by atoms with Crippen LogP contribution >= 0.6 is 0 Å². The largest absolute Gasteiger partial charge is 0.465 e. The van der Waals surface area contributed by atoms with Crippen molar-refractivity contribution in [1.82, 2.24) is 4.98 Å². The SMILES string of the molecule is COC(=O)c1cc(C)[nH]c1-c1ccccc1. The topological polar surface area (TPSA) is 42.1 Å². The van der Waals surface area contributed by atoms with Gasteiger partial charge in [0, 0.05) is 5.69 Å². The first kappa shape index (κ1) is 10.5. The van der Waals surface area contributed by atoms with Gasteiger partial charge in [-0.3, -0.25) is 0 Å². The van der Waals surface area contributed by atoms with Crippen LogP contribution in [-0.4, -0.2) is 18.1 Å². The summed E-state index contributed by atoms with van der Waals surface area (Å²) in [5.41, 5.74) is 3.31. The highest BCUT2D eigenvalue weighted by Crippen LogP contribution is 2.24. The molecule has 0 aliphatic heterocycles. The molecule has 0 fully saturated rings. The molecule has 0 radical (unpaired) electrons. The number of H-pyrrole nitrogens is 1. The Kier molecular flexibility index (Phi) is 2.77. The molecule has 1 aromatic heterocycles. The number of nitrogens with one attached hydrogen (secondary N) is 1. The Labute approximate surface area is 94.1 Å². The number of hydrogen-bond acceptors (Lipinski definition) is 2. The summed E-state index contributed by atoms with van der Waals surface area (Å²) in [4.78, 5) is 14.8. The van der Waals surface area contributed by atoms with E-state index in [9.17, 15) is 4.79 Å². The zero-order chi connectivity index (χ0) is 11.5. The van der Waals surface area contributed by atoms with Gasteiger partial charge in [0.1, 0.15) is 0 Å². The predicted octanol–water partition coefficient (Wildman–Crippen LogP) is 2.78. The van der Waals surface area contributed by atoms with Crippen LogP contribution in [0.1, 0.15) is 16.1 Å². The third-order valence-electron chi connectivity index (χ3n) is 2.42. The number of esters is 1. The zero-order valence-electron chi connectivity index (χ0n) is 9.28. The number of rotatable bonds is 2. The van der Waals surface area contributed by atoms with Crippen molar-refractivity contribution in [3.63, 3.8) is 0 Å². The number of aryl methyl sites for hydroxylation is 1. The Morgan fingerprint density at radius 1 is 1.25 bits per heavy atom. The number of aromatic amines is 1. The molecule has 0 aliphatic carbocycles. The lowest BCUT2D eigenvalue weighted by molar-refractivity contribution is 0.0602. The molecule has 2 rings (SSSR count). The van der Waals surface area contributed by atoms with Gasteiger partial charge in [0.05, 0.1) is 18.4 Å². The third kappa shape index (κ3) is 1.84. The Bertz CT molecular complexity index is 500. The van der Waals surface area contributed by atoms with Crippen LogP contribution in [0.4, 0.5) is 0 Å². The van der Waals surface area contributed by atoms with Crippen molar-refractivity contribution < 1.29 is 9.53 Å². The molecule has 82 valence electrons. The molecule has 1 heterocycles. The van der Waals surface area contributed by atoms with E-state index in [1.165, 1.54) is 7.11 Å². The van der Waals surface area contributed by atoms with Crippen molar-refractivity contribution in [2.24, 2.45) is 0 Å². The molecule has 0 unspecified atom stereocenters. The second-order valence-corrected chi connectivity index (χ2v) is 3.60. The van der Waals surface area contributed by atoms with E-state index in [2.05, 4.69) is 4.98 Å². The van der Waals surface area contributed by atoms with Gasteiger partial charge in [-0.15, -0.1) is 0 Å². The van der Waals surface area contributed by atoms with Gasteiger partial charge in [-0.1, -0.05) is 30.3 Å². The number of benzene rings is 1. The van der Waals surface area contributed by atoms with Gasteiger partial charge in [0.2, 0.25) is 0 Å². The molecule has 0 atom stereocenters. The van der Waals surface area contributed by atoms with E-state index in [1.54, 1.807) is 6.07 Å². The van der Waals surface area contributed by atoms with Crippen molar-refractivity contribution >= 4 is 5.97 Å².